The summed E-state index contributed by atoms with van der Waals surface area (Å²) in [4.78, 5) is 14.9. The molecule has 1 saturated heterocycles. The van der Waals surface area contributed by atoms with Crippen molar-refractivity contribution in [1.29, 1.82) is 0 Å². The molecule has 1 aliphatic rings. The van der Waals surface area contributed by atoms with Gasteiger partial charge < -0.3 is 5.32 Å². The Kier molecular flexibility index (Phi) is 5.71. The predicted molar refractivity (Wildman–Crippen MR) is 99.2 cm³/mol. The molecule has 1 fully saturated rings. The fourth-order valence-electron chi connectivity index (χ4n) is 3.30. The predicted octanol–water partition coefficient (Wildman–Crippen LogP) is 4.64. The Bertz CT molecular complexity index is 765. The molecule has 1 heterocycles. The minimum Gasteiger partial charge on any atom is -0.326 e. The van der Waals surface area contributed by atoms with Gasteiger partial charge in [0.2, 0.25) is 5.91 Å². The summed E-state index contributed by atoms with van der Waals surface area (Å²) in [6.07, 6.45) is 1.86. The van der Waals surface area contributed by atoms with Gasteiger partial charge in [0.15, 0.2) is 0 Å². The van der Waals surface area contributed by atoms with E-state index in [0.29, 0.717) is 5.69 Å². The van der Waals surface area contributed by atoms with Gasteiger partial charge in [0.25, 0.3) is 0 Å². The first-order valence-corrected chi connectivity index (χ1v) is 8.93. The van der Waals surface area contributed by atoms with Crippen LogP contribution in [0.3, 0.4) is 0 Å². The zero-order valence-corrected chi connectivity index (χ0v) is 15.0. The van der Waals surface area contributed by atoms with Gasteiger partial charge in [-0.25, -0.2) is 4.39 Å². The van der Waals surface area contributed by atoms with E-state index in [-0.39, 0.29) is 16.8 Å². The zero-order valence-electron chi connectivity index (χ0n) is 14.3. The normalized spacial score (nSPS) is 18.1. The molecule has 2 aromatic rings. The van der Waals surface area contributed by atoms with Crippen molar-refractivity contribution in [2.45, 2.75) is 26.3 Å². The van der Waals surface area contributed by atoms with Crippen LogP contribution in [0.15, 0.2) is 42.5 Å². The highest BCUT2D eigenvalue weighted by Crippen LogP contribution is 2.23. The molecule has 3 rings (SSSR count). The molecule has 132 valence electrons. The quantitative estimate of drug-likeness (QED) is 0.861. The Hall–Kier alpha value is -1.91. The second kappa shape index (κ2) is 7.98. The van der Waals surface area contributed by atoms with Gasteiger partial charge in [0, 0.05) is 18.8 Å². The van der Waals surface area contributed by atoms with Crippen LogP contribution < -0.4 is 5.32 Å². The molecule has 1 unspecified atom stereocenters. The Labute approximate surface area is 152 Å². The lowest BCUT2D eigenvalue weighted by Gasteiger charge is -2.32. The molecular formula is C20H22ClFN2O. The lowest BCUT2D eigenvalue weighted by molar-refractivity contribution is -0.121. The molecule has 5 heteroatoms. The maximum atomic E-state index is 13.2. The molecule has 0 bridgehead atoms. The molecule has 0 aromatic heterocycles. The van der Waals surface area contributed by atoms with E-state index in [2.05, 4.69) is 41.4 Å². The van der Waals surface area contributed by atoms with Crippen LogP contribution in [0.4, 0.5) is 10.1 Å². The third-order valence-corrected chi connectivity index (χ3v) is 4.84. The van der Waals surface area contributed by atoms with E-state index in [4.69, 9.17) is 11.6 Å². The van der Waals surface area contributed by atoms with Crippen molar-refractivity contribution in [3.63, 3.8) is 0 Å². The van der Waals surface area contributed by atoms with Gasteiger partial charge in [-0.05, 0) is 50.1 Å². The molecule has 0 spiro atoms. The van der Waals surface area contributed by atoms with Crippen molar-refractivity contribution in [3.05, 3.63) is 64.4 Å². The summed E-state index contributed by atoms with van der Waals surface area (Å²) in [6.45, 7) is 4.67. The lowest BCUT2D eigenvalue weighted by Crippen LogP contribution is -2.40. The van der Waals surface area contributed by atoms with E-state index in [1.54, 1.807) is 0 Å². The number of amides is 1. The third kappa shape index (κ3) is 4.80. The van der Waals surface area contributed by atoms with Crippen LogP contribution in [-0.2, 0) is 11.3 Å². The fraction of sp³-hybridized carbons (Fsp3) is 0.350. The number of benzene rings is 2. The van der Waals surface area contributed by atoms with E-state index in [1.165, 1.54) is 29.3 Å². The number of piperidine rings is 1. The second-order valence-corrected chi connectivity index (χ2v) is 7.09. The summed E-state index contributed by atoms with van der Waals surface area (Å²) in [5.74, 6) is -0.583. The van der Waals surface area contributed by atoms with Crippen molar-refractivity contribution in [2.75, 3.05) is 18.4 Å². The maximum Gasteiger partial charge on any atom is 0.228 e. The maximum absolute atomic E-state index is 13.2. The van der Waals surface area contributed by atoms with E-state index in [0.717, 1.165) is 32.5 Å². The summed E-state index contributed by atoms with van der Waals surface area (Å²) >= 11 is 5.77. The van der Waals surface area contributed by atoms with Crippen LogP contribution in [0, 0.1) is 18.7 Å². The number of anilines is 1. The van der Waals surface area contributed by atoms with E-state index >= 15 is 0 Å². The van der Waals surface area contributed by atoms with Gasteiger partial charge in [-0.2, -0.15) is 0 Å². The van der Waals surface area contributed by atoms with E-state index in [9.17, 15) is 9.18 Å². The van der Waals surface area contributed by atoms with Crippen LogP contribution in [0.25, 0.3) is 0 Å². The SMILES string of the molecule is Cc1cccc(CN2CCCC(C(=O)Nc3ccc(F)c(Cl)c3)C2)c1. The summed E-state index contributed by atoms with van der Waals surface area (Å²) in [5.41, 5.74) is 3.05. The first kappa shape index (κ1) is 17.9. The number of hydrogen-bond donors (Lipinski definition) is 1. The van der Waals surface area contributed by atoms with E-state index < -0.39 is 5.82 Å². The van der Waals surface area contributed by atoms with Crippen LogP contribution in [0.1, 0.15) is 24.0 Å². The number of carbonyl (C=O) groups excluding carboxylic acids is 1. The van der Waals surface area contributed by atoms with Crippen LogP contribution in [-0.4, -0.2) is 23.9 Å². The smallest absolute Gasteiger partial charge is 0.228 e. The Morgan fingerprint density at radius 1 is 1.32 bits per heavy atom. The molecule has 1 aliphatic heterocycles. The molecule has 2 aromatic carbocycles. The van der Waals surface area contributed by atoms with Crippen LogP contribution in [0.2, 0.25) is 5.02 Å². The number of aryl methyl sites for hydroxylation is 1. The van der Waals surface area contributed by atoms with Crippen molar-refractivity contribution >= 4 is 23.2 Å². The Balaban J connectivity index is 1.60. The van der Waals surface area contributed by atoms with Crippen molar-refractivity contribution in [3.8, 4) is 0 Å². The summed E-state index contributed by atoms with van der Waals surface area (Å²) in [5, 5.41) is 2.87. The first-order chi connectivity index (χ1) is 12.0. The Morgan fingerprint density at radius 3 is 2.92 bits per heavy atom. The zero-order chi connectivity index (χ0) is 17.8. The van der Waals surface area contributed by atoms with Crippen LogP contribution in [0.5, 0.6) is 0 Å². The standard InChI is InChI=1S/C20H22ClFN2O/c1-14-4-2-5-15(10-14)12-24-9-3-6-16(13-24)20(25)23-17-7-8-19(22)18(21)11-17/h2,4-5,7-8,10-11,16H,3,6,9,12-13H2,1H3,(H,23,25). The molecule has 1 amide bonds. The summed E-state index contributed by atoms with van der Waals surface area (Å²) < 4.78 is 13.2. The van der Waals surface area contributed by atoms with Gasteiger partial charge in [-0.15, -0.1) is 0 Å². The van der Waals surface area contributed by atoms with E-state index in [1.807, 2.05) is 0 Å². The highest BCUT2D eigenvalue weighted by molar-refractivity contribution is 6.31. The molecular weight excluding hydrogens is 339 g/mol. The van der Waals surface area contributed by atoms with Crippen molar-refractivity contribution in [2.24, 2.45) is 5.92 Å². The first-order valence-electron chi connectivity index (χ1n) is 8.55. The largest absolute Gasteiger partial charge is 0.326 e. The summed E-state index contributed by atoms with van der Waals surface area (Å²) in [7, 11) is 0. The number of halogens is 2. The van der Waals surface area contributed by atoms with Gasteiger partial charge in [0.1, 0.15) is 5.82 Å². The summed E-state index contributed by atoms with van der Waals surface area (Å²) in [6, 6.07) is 12.7. The number of likely N-dealkylation sites (tertiary alicyclic amines) is 1. The van der Waals surface area contributed by atoms with Gasteiger partial charge in [-0.1, -0.05) is 41.4 Å². The fourth-order valence-corrected chi connectivity index (χ4v) is 3.48. The van der Waals surface area contributed by atoms with Gasteiger partial charge >= 0.3 is 0 Å². The average Bonchev–Trinajstić information content (AvgIpc) is 2.58. The minimum absolute atomic E-state index is 0.0162. The number of nitrogens with zero attached hydrogens (tertiary/aromatic N) is 1. The van der Waals surface area contributed by atoms with Gasteiger partial charge in [-0.3, -0.25) is 9.69 Å². The number of hydrogen-bond acceptors (Lipinski definition) is 2. The van der Waals surface area contributed by atoms with Gasteiger partial charge in [0.05, 0.1) is 10.9 Å². The highest BCUT2D eigenvalue weighted by atomic mass is 35.5. The molecule has 3 nitrogen and oxygen atoms in total. The molecule has 1 atom stereocenters. The molecule has 25 heavy (non-hydrogen) atoms. The number of rotatable bonds is 4. The minimum atomic E-state index is -0.485. The topological polar surface area (TPSA) is 32.3 Å². The Morgan fingerprint density at radius 2 is 2.16 bits per heavy atom. The molecule has 0 aliphatic carbocycles. The average molecular weight is 361 g/mol. The van der Waals surface area contributed by atoms with Crippen LogP contribution >= 0.6 is 11.6 Å². The number of nitrogens with one attached hydrogen (secondary N) is 1. The molecule has 1 N–H and O–H groups in total. The second-order valence-electron chi connectivity index (χ2n) is 6.68. The highest BCUT2D eigenvalue weighted by Gasteiger charge is 2.26. The molecule has 0 saturated carbocycles. The van der Waals surface area contributed by atoms with Crippen molar-refractivity contribution < 1.29 is 9.18 Å². The third-order valence-electron chi connectivity index (χ3n) is 4.55. The monoisotopic (exact) mass is 360 g/mol. The number of carbonyl (C=O) groups is 1. The lowest BCUT2D eigenvalue weighted by atomic mass is 9.96. The molecule has 0 radical (unpaired) electrons. The van der Waals surface area contributed by atoms with Crippen molar-refractivity contribution in [1.82, 2.24) is 4.90 Å².